The zero-order valence-electron chi connectivity index (χ0n) is 7.85. The largest absolute Gasteiger partial charge is 0.481 e. The molecule has 0 saturated carbocycles. The van der Waals surface area contributed by atoms with Gasteiger partial charge in [0.15, 0.2) is 0 Å². The van der Waals surface area contributed by atoms with Crippen LogP contribution in [-0.2, 0) is 5.88 Å². The third-order valence-electron chi connectivity index (χ3n) is 1.88. The zero-order chi connectivity index (χ0) is 10.7. The summed E-state index contributed by atoms with van der Waals surface area (Å²) in [7, 11) is 1.31. The Hall–Kier alpha value is -0.900. The van der Waals surface area contributed by atoms with E-state index in [1.165, 1.54) is 13.2 Å². The summed E-state index contributed by atoms with van der Waals surface area (Å²) in [5, 5.41) is 0. The molecule has 0 aromatic carbocycles. The standard InChI is InChI=1S/C9H10ClF2NO/c1-5-6(4-10)3-7(8(11)12)9(13-5)14-2/h3,8H,4H2,1-2H3. The molecule has 0 fully saturated rings. The normalized spacial score (nSPS) is 10.7. The number of nitrogens with zero attached hydrogens (tertiary/aromatic N) is 1. The van der Waals surface area contributed by atoms with Crippen LogP contribution in [0.5, 0.6) is 5.88 Å². The summed E-state index contributed by atoms with van der Waals surface area (Å²) in [6.07, 6.45) is -2.60. The van der Waals surface area contributed by atoms with E-state index in [4.69, 9.17) is 16.3 Å². The van der Waals surface area contributed by atoms with E-state index in [0.29, 0.717) is 11.3 Å². The number of pyridine rings is 1. The minimum absolute atomic E-state index is 0.0358. The number of alkyl halides is 3. The van der Waals surface area contributed by atoms with Gasteiger partial charge in [0.1, 0.15) is 0 Å². The van der Waals surface area contributed by atoms with Crippen LogP contribution in [0.3, 0.4) is 0 Å². The first kappa shape index (κ1) is 11.2. The predicted molar refractivity (Wildman–Crippen MR) is 50.0 cm³/mol. The number of aromatic nitrogens is 1. The van der Waals surface area contributed by atoms with Crippen molar-refractivity contribution in [1.82, 2.24) is 4.98 Å². The minimum atomic E-state index is -2.60. The maximum atomic E-state index is 12.5. The molecule has 0 amide bonds. The van der Waals surface area contributed by atoms with Gasteiger partial charge in [-0.15, -0.1) is 11.6 Å². The molecule has 1 aromatic heterocycles. The summed E-state index contributed by atoms with van der Waals surface area (Å²) in [4.78, 5) is 3.90. The molecular weight excluding hydrogens is 212 g/mol. The Kier molecular flexibility index (Phi) is 3.63. The van der Waals surface area contributed by atoms with E-state index in [1.807, 2.05) is 0 Å². The van der Waals surface area contributed by atoms with Crippen LogP contribution in [0, 0.1) is 6.92 Å². The lowest BCUT2D eigenvalue weighted by Gasteiger charge is -2.10. The third-order valence-corrected chi connectivity index (χ3v) is 2.17. The van der Waals surface area contributed by atoms with E-state index in [-0.39, 0.29) is 17.3 Å². The molecule has 0 radical (unpaired) electrons. The van der Waals surface area contributed by atoms with E-state index in [1.54, 1.807) is 6.92 Å². The molecule has 0 spiro atoms. The second-order valence-electron chi connectivity index (χ2n) is 2.77. The van der Waals surface area contributed by atoms with E-state index >= 15 is 0 Å². The quantitative estimate of drug-likeness (QED) is 0.732. The van der Waals surface area contributed by atoms with Crippen molar-refractivity contribution in [3.8, 4) is 5.88 Å². The van der Waals surface area contributed by atoms with Gasteiger partial charge in [-0.05, 0) is 18.6 Å². The second kappa shape index (κ2) is 4.55. The van der Waals surface area contributed by atoms with Crippen LogP contribution in [0.4, 0.5) is 8.78 Å². The first-order chi connectivity index (χ1) is 6.60. The molecule has 0 N–H and O–H groups in total. The summed E-state index contributed by atoms with van der Waals surface area (Å²) in [6, 6.07) is 1.33. The van der Waals surface area contributed by atoms with Crippen LogP contribution in [0.1, 0.15) is 23.2 Å². The highest BCUT2D eigenvalue weighted by atomic mass is 35.5. The minimum Gasteiger partial charge on any atom is -0.481 e. The van der Waals surface area contributed by atoms with Gasteiger partial charge in [0, 0.05) is 11.6 Å². The number of hydrogen-bond donors (Lipinski definition) is 0. The average molecular weight is 222 g/mol. The fraction of sp³-hybridized carbons (Fsp3) is 0.444. The molecule has 1 heterocycles. The summed E-state index contributed by atoms with van der Waals surface area (Å²) in [5.74, 6) is 0.133. The van der Waals surface area contributed by atoms with Crippen LogP contribution in [0.2, 0.25) is 0 Å². The third kappa shape index (κ3) is 2.12. The number of halogens is 3. The van der Waals surface area contributed by atoms with E-state index in [9.17, 15) is 8.78 Å². The summed E-state index contributed by atoms with van der Waals surface area (Å²) < 4.78 is 29.8. The molecule has 0 saturated heterocycles. The SMILES string of the molecule is COc1nc(C)c(CCl)cc1C(F)F. The van der Waals surface area contributed by atoms with Crippen molar-refractivity contribution in [3.63, 3.8) is 0 Å². The molecule has 5 heteroatoms. The molecule has 14 heavy (non-hydrogen) atoms. The molecule has 0 aliphatic carbocycles. The number of aryl methyl sites for hydroxylation is 1. The smallest absolute Gasteiger partial charge is 0.269 e. The molecule has 78 valence electrons. The number of ether oxygens (including phenoxy) is 1. The van der Waals surface area contributed by atoms with Gasteiger partial charge in [0.25, 0.3) is 6.43 Å². The van der Waals surface area contributed by atoms with Crippen LogP contribution >= 0.6 is 11.6 Å². The summed E-state index contributed by atoms with van der Waals surface area (Å²) >= 11 is 5.58. The first-order valence-electron chi connectivity index (χ1n) is 3.98. The van der Waals surface area contributed by atoms with E-state index < -0.39 is 6.43 Å². The molecule has 0 aliphatic heterocycles. The molecular formula is C9H10ClF2NO. The Bertz CT molecular complexity index is 331. The van der Waals surface area contributed by atoms with Gasteiger partial charge >= 0.3 is 0 Å². The van der Waals surface area contributed by atoms with Crippen molar-refractivity contribution in [3.05, 3.63) is 22.9 Å². The fourth-order valence-corrected chi connectivity index (χ4v) is 1.37. The lowest BCUT2D eigenvalue weighted by molar-refractivity contribution is 0.146. The number of rotatable bonds is 3. The second-order valence-corrected chi connectivity index (χ2v) is 3.03. The Balaban J connectivity index is 3.25. The molecule has 0 unspecified atom stereocenters. The average Bonchev–Trinajstić information content (AvgIpc) is 2.16. The number of hydrogen-bond acceptors (Lipinski definition) is 2. The van der Waals surface area contributed by atoms with Gasteiger partial charge in [-0.1, -0.05) is 0 Å². The van der Waals surface area contributed by atoms with Crippen molar-refractivity contribution in [2.24, 2.45) is 0 Å². The van der Waals surface area contributed by atoms with Gasteiger partial charge in [-0.3, -0.25) is 0 Å². The van der Waals surface area contributed by atoms with Gasteiger partial charge in [-0.25, -0.2) is 13.8 Å². The van der Waals surface area contributed by atoms with Gasteiger partial charge in [0.05, 0.1) is 12.7 Å². The van der Waals surface area contributed by atoms with Gasteiger partial charge in [0.2, 0.25) is 5.88 Å². The molecule has 1 aromatic rings. The summed E-state index contributed by atoms with van der Waals surface area (Å²) in [5.41, 5.74) is 0.998. The van der Waals surface area contributed by atoms with Crippen molar-refractivity contribution in [1.29, 1.82) is 0 Å². The van der Waals surface area contributed by atoms with Crippen LogP contribution < -0.4 is 4.74 Å². The Morgan fingerprint density at radius 3 is 2.64 bits per heavy atom. The van der Waals surface area contributed by atoms with Crippen LogP contribution in [0.25, 0.3) is 0 Å². The molecule has 1 rings (SSSR count). The van der Waals surface area contributed by atoms with Crippen molar-refractivity contribution < 1.29 is 13.5 Å². The lowest BCUT2D eigenvalue weighted by Crippen LogP contribution is -2.00. The highest BCUT2D eigenvalue weighted by molar-refractivity contribution is 6.17. The van der Waals surface area contributed by atoms with Crippen LogP contribution in [-0.4, -0.2) is 12.1 Å². The molecule has 0 bridgehead atoms. The van der Waals surface area contributed by atoms with Crippen LogP contribution in [0.15, 0.2) is 6.07 Å². The van der Waals surface area contributed by atoms with Crippen molar-refractivity contribution in [2.45, 2.75) is 19.2 Å². The van der Waals surface area contributed by atoms with E-state index in [0.717, 1.165) is 0 Å². The maximum Gasteiger partial charge on any atom is 0.269 e. The Labute approximate surface area is 85.9 Å². The maximum absolute atomic E-state index is 12.5. The fourth-order valence-electron chi connectivity index (χ4n) is 1.10. The molecule has 0 atom stereocenters. The molecule has 0 aliphatic rings. The lowest BCUT2D eigenvalue weighted by atomic mass is 10.1. The zero-order valence-corrected chi connectivity index (χ0v) is 8.61. The van der Waals surface area contributed by atoms with E-state index in [2.05, 4.69) is 4.98 Å². The highest BCUT2D eigenvalue weighted by Gasteiger charge is 2.17. The van der Waals surface area contributed by atoms with Gasteiger partial charge < -0.3 is 4.74 Å². The van der Waals surface area contributed by atoms with Crippen molar-refractivity contribution >= 4 is 11.6 Å². The topological polar surface area (TPSA) is 22.1 Å². The predicted octanol–water partition coefficient (Wildman–Crippen LogP) is 3.08. The monoisotopic (exact) mass is 221 g/mol. The van der Waals surface area contributed by atoms with Gasteiger partial charge in [-0.2, -0.15) is 0 Å². The Morgan fingerprint density at radius 2 is 2.21 bits per heavy atom. The number of methoxy groups -OCH3 is 1. The Morgan fingerprint density at radius 1 is 1.57 bits per heavy atom. The highest BCUT2D eigenvalue weighted by Crippen LogP contribution is 2.29. The first-order valence-corrected chi connectivity index (χ1v) is 4.52. The molecule has 2 nitrogen and oxygen atoms in total. The van der Waals surface area contributed by atoms with Crippen molar-refractivity contribution in [2.75, 3.05) is 7.11 Å². The summed E-state index contributed by atoms with van der Waals surface area (Å²) in [6.45, 7) is 1.70.